The van der Waals surface area contributed by atoms with E-state index in [9.17, 15) is 9.59 Å². The molecule has 4 nitrogen and oxygen atoms in total. The first-order chi connectivity index (χ1) is 6.47. The summed E-state index contributed by atoms with van der Waals surface area (Å²) in [5.74, 6) is 0.556. The van der Waals surface area contributed by atoms with Gasteiger partial charge in [0.1, 0.15) is 0 Å². The Hall–Kier alpha value is -1.06. The zero-order chi connectivity index (χ0) is 10.8. The monoisotopic (exact) mass is 199 g/mol. The lowest BCUT2D eigenvalue weighted by atomic mass is 10.0. The molecule has 1 amide bonds. The Labute approximate surface area is 84.2 Å². The van der Waals surface area contributed by atoms with Gasteiger partial charge in [-0.15, -0.1) is 0 Å². The zero-order valence-electron chi connectivity index (χ0n) is 8.95. The fourth-order valence-corrected chi connectivity index (χ4v) is 1.30. The maximum atomic E-state index is 11.3. The molecule has 0 aromatic rings. The van der Waals surface area contributed by atoms with Gasteiger partial charge >= 0.3 is 6.09 Å². The molecule has 1 saturated carbocycles. The molecule has 0 aliphatic heterocycles. The molecular formula is C10H17NO3. The van der Waals surface area contributed by atoms with Gasteiger partial charge < -0.3 is 9.64 Å². The maximum Gasteiger partial charge on any atom is 0.410 e. The van der Waals surface area contributed by atoms with Crippen LogP contribution < -0.4 is 0 Å². The molecule has 1 rings (SSSR count). The summed E-state index contributed by atoms with van der Waals surface area (Å²) in [6.45, 7) is 1.67. The van der Waals surface area contributed by atoms with Gasteiger partial charge in [0, 0.05) is 14.1 Å². The first-order valence-corrected chi connectivity index (χ1v) is 4.83. The van der Waals surface area contributed by atoms with Crippen LogP contribution in [-0.2, 0) is 9.53 Å². The third-order valence-corrected chi connectivity index (χ3v) is 2.33. The fourth-order valence-electron chi connectivity index (χ4n) is 1.30. The van der Waals surface area contributed by atoms with Crippen LogP contribution in [0.3, 0.4) is 0 Å². The minimum Gasteiger partial charge on any atom is -0.435 e. The molecule has 0 aromatic carbocycles. The summed E-state index contributed by atoms with van der Waals surface area (Å²) >= 11 is 0. The van der Waals surface area contributed by atoms with Gasteiger partial charge in [0.25, 0.3) is 0 Å². The fraction of sp³-hybridized carbons (Fsp3) is 0.800. The number of rotatable bonds is 4. The van der Waals surface area contributed by atoms with E-state index in [4.69, 9.17) is 4.74 Å². The van der Waals surface area contributed by atoms with Crippen LogP contribution in [0, 0.1) is 5.92 Å². The average molecular weight is 199 g/mol. The highest BCUT2D eigenvalue weighted by molar-refractivity contribution is 5.72. The molecule has 0 heterocycles. The molecule has 0 saturated heterocycles. The van der Waals surface area contributed by atoms with Crippen LogP contribution >= 0.6 is 0 Å². The Kier molecular flexibility index (Phi) is 3.13. The number of ether oxygens (including phenoxy) is 1. The second kappa shape index (κ2) is 3.98. The number of nitrogens with zero attached hydrogens (tertiary/aromatic N) is 1. The molecule has 80 valence electrons. The third kappa shape index (κ3) is 3.01. The third-order valence-electron chi connectivity index (χ3n) is 2.33. The Morgan fingerprint density at radius 2 is 2.14 bits per heavy atom. The number of amides is 1. The largest absolute Gasteiger partial charge is 0.435 e. The number of hydrogen-bond donors (Lipinski definition) is 0. The van der Waals surface area contributed by atoms with Crippen LogP contribution in [0.1, 0.15) is 26.2 Å². The van der Waals surface area contributed by atoms with Crippen molar-refractivity contribution in [2.24, 2.45) is 5.92 Å². The van der Waals surface area contributed by atoms with Crippen molar-refractivity contribution in [1.82, 2.24) is 4.90 Å². The first-order valence-electron chi connectivity index (χ1n) is 4.83. The minimum atomic E-state index is -0.942. The van der Waals surface area contributed by atoms with Gasteiger partial charge in [-0.25, -0.2) is 4.79 Å². The van der Waals surface area contributed by atoms with Gasteiger partial charge in [0.05, 0.1) is 0 Å². The van der Waals surface area contributed by atoms with Crippen LogP contribution in [-0.4, -0.2) is 37.0 Å². The summed E-state index contributed by atoms with van der Waals surface area (Å²) < 4.78 is 5.12. The number of carbonyl (C=O) groups is 2. The first kappa shape index (κ1) is 11.0. The predicted molar refractivity (Wildman–Crippen MR) is 52.0 cm³/mol. The Morgan fingerprint density at radius 3 is 2.50 bits per heavy atom. The van der Waals surface area contributed by atoms with Crippen molar-refractivity contribution in [2.45, 2.75) is 31.8 Å². The molecule has 0 spiro atoms. The molecule has 1 fully saturated rings. The Balaban J connectivity index is 2.50. The molecule has 0 bridgehead atoms. The lowest BCUT2D eigenvalue weighted by molar-refractivity contribution is -0.124. The quantitative estimate of drug-likeness (QED) is 0.644. The Bertz CT molecular complexity index is 236. The summed E-state index contributed by atoms with van der Waals surface area (Å²) in [6, 6.07) is 0. The zero-order valence-corrected chi connectivity index (χ0v) is 8.95. The second-order valence-corrected chi connectivity index (χ2v) is 4.34. The van der Waals surface area contributed by atoms with Crippen molar-refractivity contribution < 1.29 is 14.3 Å². The van der Waals surface area contributed by atoms with Crippen molar-refractivity contribution in [3.63, 3.8) is 0 Å². The average Bonchev–Trinajstić information content (AvgIpc) is 2.88. The smallest absolute Gasteiger partial charge is 0.410 e. The second-order valence-electron chi connectivity index (χ2n) is 4.34. The van der Waals surface area contributed by atoms with Crippen LogP contribution in [0.5, 0.6) is 0 Å². The molecule has 1 atom stereocenters. The molecule has 1 aliphatic carbocycles. The van der Waals surface area contributed by atoms with Crippen LogP contribution in [0.25, 0.3) is 0 Å². The summed E-state index contributed by atoms with van der Waals surface area (Å²) in [7, 11) is 3.20. The van der Waals surface area contributed by atoms with E-state index in [0.29, 0.717) is 12.3 Å². The standard InChI is InChI=1S/C10H17NO3/c1-10(7-12,6-8-4-5-8)14-9(13)11(2)3/h7-8H,4-6H2,1-3H3/t10-/m1/s1. The van der Waals surface area contributed by atoms with E-state index in [1.807, 2.05) is 0 Å². The molecule has 1 aliphatic rings. The van der Waals surface area contributed by atoms with Crippen LogP contribution in [0.15, 0.2) is 0 Å². The normalized spacial score (nSPS) is 19.6. The number of carbonyl (C=O) groups excluding carboxylic acids is 2. The molecular weight excluding hydrogens is 182 g/mol. The molecule has 4 heteroatoms. The van der Waals surface area contributed by atoms with Crippen LogP contribution in [0.4, 0.5) is 4.79 Å². The van der Waals surface area contributed by atoms with E-state index in [1.165, 1.54) is 4.90 Å². The van der Waals surface area contributed by atoms with Gasteiger partial charge in [-0.05, 0) is 19.3 Å². The summed E-state index contributed by atoms with van der Waals surface area (Å²) in [6.07, 6.45) is 3.20. The van der Waals surface area contributed by atoms with Gasteiger partial charge in [0.15, 0.2) is 11.9 Å². The number of hydrogen-bond acceptors (Lipinski definition) is 3. The van der Waals surface area contributed by atoms with Crippen molar-refractivity contribution in [2.75, 3.05) is 14.1 Å². The van der Waals surface area contributed by atoms with E-state index in [0.717, 1.165) is 19.1 Å². The Morgan fingerprint density at radius 1 is 1.57 bits per heavy atom. The van der Waals surface area contributed by atoms with Crippen molar-refractivity contribution in [3.05, 3.63) is 0 Å². The topological polar surface area (TPSA) is 46.6 Å². The molecule has 14 heavy (non-hydrogen) atoms. The lowest BCUT2D eigenvalue weighted by Gasteiger charge is -2.25. The van der Waals surface area contributed by atoms with E-state index in [1.54, 1.807) is 21.0 Å². The summed E-state index contributed by atoms with van der Waals surface area (Å²) in [5, 5.41) is 0. The van der Waals surface area contributed by atoms with Crippen LogP contribution in [0.2, 0.25) is 0 Å². The summed E-state index contributed by atoms with van der Waals surface area (Å²) in [4.78, 5) is 23.4. The SMILES string of the molecule is CN(C)C(=O)O[C@@](C)(C=O)CC1CC1. The van der Waals surface area contributed by atoms with Gasteiger partial charge in [-0.3, -0.25) is 4.79 Å². The maximum absolute atomic E-state index is 11.3. The summed E-state index contributed by atoms with van der Waals surface area (Å²) in [5.41, 5.74) is -0.942. The highest BCUT2D eigenvalue weighted by Gasteiger charge is 2.36. The van der Waals surface area contributed by atoms with Gasteiger partial charge in [-0.1, -0.05) is 12.8 Å². The highest BCUT2D eigenvalue weighted by Crippen LogP contribution is 2.37. The van der Waals surface area contributed by atoms with E-state index in [-0.39, 0.29) is 0 Å². The van der Waals surface area contributed by atoms with E-state index in [2.05, 4.69) is 0 Å². The molecule has 0 aromatic heterocycles. The van der Waals surface area contributed by atoms with Crippen molar-refractivity contribution in [1.29, 1.82) is 0 Å². The van der Waals surface area contributed by atoms with E-state index < -0.39 is 11.7 Å². The predicted octanol–water partition coefficient (Wildman–Crippen LogP) is 1.44. The van der Waals surface area contributed by atoms with Gasteiger partial charge in [0.2, 0.25) is 0 Å². The van der Waals surface area contributed by atoms with Crippen molar-refractivity contribution in [3.8, 4) is 0 Å². The van der Waals surface area contributed by atoms with Crippen molar-refractivity contribution >= 4 is 12.4 Å². The number of aldehydes is 1. The molecule has 0 radical (unpaired) electrons. The van der Waals surface area contributed by atoms with Gasteiger partial charge in [-0.2, -0.15) is 0 Å². The lowest BCUT2D eigenvalue weighted by Crippen LogP contribution is -2.38. The molecule has 0 unspecified atom stereocenters. The molecule has 0 N–H and O–H groups in total. The van der Waals surface area contributed by atoms with E-state index >= 15 is 0 Å². The minimum absolute atomic E-state index is 0.458. The highest BCUT2D eigenvalue weighted by atomic mass is 16.6.